The Hall–Kier alpha value is -2.67. The molecule has 13 heteroatoms. The second-order valence-corrected chi connectivity index (χ2v) is 10.6. The average molecular weight is 532 g/mol. The standard InChI is InChI=1S/C23H19F7N4OS/c24-15-3-6-17(18(25)7-15)21(35,11-34-13-31-32-33-34)23(29,30)20-8-19(9-20,10-20)14-1-4-16(5-2-14)36-12-22(26,27)28/h1-7,13,35H,8-12H2/t19?,20?,21-/m0/s1. The van der Waals surface area contributed by atoms with Crippen molar-refractivity contribution >= 4 is 11.8 Å². The molecule has 6 rings (SSSR count). The van der Waals surface area contributed by atoms with E-state index in [4.69, 9.17) is 0 Å². The van der Waals surface area contributed by atoms with Crippen LogP contribution < -0.4 is 0 Å². The largest absolute Gasteiger partial charge is 0.398 e. The van der Waals surface area contributed by atoms with Gasteiger partial charge in [-0.1, -0.05) is 12.1 Å². The van der Waals surface area contributed by atoms with Crippen molar-refractivity contribution in [3.8, 4) is 0 Å². The Morgan fingerprint density at radius 3 is 2.19 bits per heavy atom. The van der Waals surface area contributed by atoms with Crippen LogP contribution in [0.4, 0.5) is 30.7 Å². The van der Waals surface area contributed by atoms with Crippen LogP contribution >= 0.6 is 11.8 Å². The fourth-order valence-electron chi connectivity index (χ4n) is 5.60. The summed E-state index contributed by atoms with van der Waals surface area (Å²) in [5.74, 6) is -7.19. The van der Waals surface area contributed by atoms with Gasteiger partial charge in [-0.2, -0.15) is 13.2 Å². The molecule has 0 spiro atoms. The van der Waals surface area contributed by atoms with E-state index in [1.807, 2.05) is 0 Å². The summed E-state index contributed by atoms with van der Waals surface area (Å²) in [5.41, 5.74) is -5.39. The lowest BCUT2D eigenvalue weighted by Crippen LogP contribution is -2.76. The number of aromatic nitrogens is 4. The monoisotopic (exact) mass is 532 g/mol. The lowest BCUT2D eigenvalue weighted by molar-refractivity contribution is -0.347. The summed E-state index contributed by atoms with van der Waals surface area (Å²) in [5, 5.41) is 21.6. The number of thioether (sulfide) groups is 1. The molecule has 1 aromatic heterocycles. The predicted molar refractivity (Wildman–Crippen MR) is 114 cm³/mol. The summed E-state index contributed by atoms with van der Waals surface area (Å²) >= 11 is 0.635. The van der Waals surface area contributed by atoms with E-state index in [0.29, 0.717) is 28.3 Å². The van der Waals surface area contributed by atoms with Crippen LogP contribution in [0.2, 0.25) is 0 Å². The number of nitrogens with zero attached hydrogens (tertiary/aromatic N) is 4. The second-order valence-electron chi connectivity index (χ2n) is 9.59. The summed E-state index contributed by atoms with van der Waals surface area (Å²) in [6.07, 6.45) is -3.34. The highest BCUT2D eigenvalue weighted by Gasteiger charge is 2.82. The maximum Gasteiger partial charge on any atom is 0.398 e. The molecule has 3 aliphatic carbocycles. The first-order valence-corrected chi connectivity index (χ1v) is 11.8. The van der Waals surface area contributed by atoms with E-state index in [1.54, 1.807) is 12.1 Å². The second kappa shape index (κ2) is 8.17. The van der Waals surface area contributed by atoms with E-state index in [9.17, 15) is 27.1 Å². The summed E-state index contributed by atoms with van der Waals surface area (Å²) in [6.45, 7) is -0.866. The van der Waals surface area contributed by atoms with E-state index >= 15 is 8.78 Å². The molecular weight excluding hydrogens is 513 g/mol. The summed E-state index contributed by atoms with van der Waals surface area (Å²) in [6, 6.07) is 8.33. The molecule has 0 radical (unpaired) electrons. The highest BCUT2D eigenvalue weighted by atomic mass is 32.2. The molecule has 192 valence electrons. The lowest BCUT2D eigenvalue weighted by Gasteiger charge is -2.74. The molecule has 3 fully saturated rings. The molecule has 5 nitrogen and oxygen atoms in total. The molecule has 2 aromatic carbocycles. The Morgan fingerprint density at radius 2 is 1.64 bits per heavy atom. The molecular formula is C23H19F7N4OS. The first-order chi connectivity index (χ1) is 16.8. The van der Waals surface area contributed by atoms with Crippen LogP contribution in [0.3, 0.4) is 0 Å². The average Bonchev–Trinajstić information content (AvgIpc) is 3.23. The number of benzene rings is 2. The van der Waals surface area contributed by atoms with Crippen LogP contribution in [0.5, 0.6) is 0 Å². The Labute approximate surface area is 204 Å². The number of halogens is 7. The third kappa shape index (κ3) is 3.87. The molecule has 3 saturated carbocycles. The molecule has 0 amide bonds. The maximum atomic E-state index is 16.2. The third-order valence-electron chi connectivity index (χ3n) is 7.24. The molecule has 36 heavy (non-hydrogen) atoms. The van der Waals surface area contributed by atoms with E-state index in [-0.39, 0.29) is 19.3 Å². The zero-order chi connectivity index (χ0) is 26.0. The first-order valence-electron chi connectivity index (χ1n) is 10.9. The Morgan fingerprint density at radius 1 is 0.972 bits per heavy atom. The van der Waals surface area contributed by atoms with Gasteiger partial charge in [0.2, 0.25) is 0 Å². The van der Waals surface area contributed by atoms with Gasteiger partial charge in [-0.15, -0.1) is 16.9 Å². The van der Waals surface area contributed by atoms with Gasteiger partial charge in [0.1, 0.15) is 18.0 Å². The number of alkyl halides is 5. The smallest absolute Gasteiger partial charge is 0.377 e. The summed E-state index contributed by atoms with van der Waals surface area (Å²) in [7, 11) is 0. The van der Waals surface area contributed by atoms with E-state index in [1.165, 1.54) is 12.1 Å². The van der Waals surface area contributed by atoms with Crippen molar-refractivity contribution in [3.63, 3.8) is 0 Å². The van der Waals surface area contributed by atoms with Crippen molar-refractivity contribution in [2.24, 2.45) is 5.41 Å². The van der Waals surface area contributed by atoms with Crippen LogP contribution in [-0.2, 0) is 17.6 Å². The van der Waals surface area contributed by atoms with Gasteiger partial charge in [0.25, 0.3) is 5.92 Å². The Bertz CT molecular complexity index is 1250. The Kier molecular flexibility index (Phi) is 5.67. The number of tetrazole rings is 1. The van der Waals surface area contributed by atoms with Crippen LogP contribution in [0, 0.1) is 17.0 Å². The van der Waals surface area contributed by atoms with Crippen molar-refractivity contribution in [3.05, 3.63) is 71.6 Å². The highest BCUT2D eigenvalue weighted by Crippen LogP contribution is 2.80. The summed E-state index contributed by atoms with van der Waals surface area (Å²) < 4.78 is 98.7. The minimum atomic E-state index is -4.31. The molecule has 3 aromatic rings. The van der Waals surface area contributed by atoms with E-state index in [2.05, 4.69) is 15.5 Å². The molecule has 2 bridgehead atoms. The van der Waals surface area contributed by atoms with Crippen molar-refractivity contribution in [2.75, 3.05) is 5.75 Å². The highest BCUT2D eigenvalue weighted by molar-refractivity contribution is 7.99. The molecule has 1 atom stereocenters. The van der Waals surface area contributed by atoms with Gasteiger partial charge in [0, 0.05) is 21.9 Å². The fourth-order valence-corrected chi connectivity index (χ4v) is 6.26. The van der Waals surface area contributed by atoms with Gasteiger partial charge in [-0.05, 0) is 64.9 Å². The molecule has 1 N–H and O–H groups in total. The fraction of sp³-hybridized carbons (Fsp3) is 0.435. The third-order valence-corrected chi connectivity index (χ3v) is 8.32. The predicted octanol–water partition coefficient (Wildman–Crippen LogP) is 5.25. The number of rotatable bonds is 8. The SMILES string of the molecule is O[C@@](Cn1cnnn1)(c1ccc(F)cc1F)C(F)(F)C12CC(c3ccc(SCC(F)(F)F)cc3)(C1)C2. The van der Waals surface area contributed by atoms with E-state index < -0.39 is 58.0 Å². The number of aliphatic hydroxyl groups is 1. The minimum Gasteiger partial charge on any atom is -0.377 e. The van der Waals surface area contributed by atoms with Crippen LogP contribution in [-0.4, -0.2) is 43.2 Å². The lowest BCUT2D eigenvalue weighted by atomic mass is 9.30. The topological polar surface area (TPSA) is 63.8 Å². The van der Waals surface area contributed by atoms with Crippen molar-refractivity contribution in [2.45, 2.75) is 53.8 Å². The van der Waals surface area contributed by atoms with Gasteiger partial charge in [0.15, 0.2) is 5.60 Å². The molecule has 0 saturated heterocycles. The molecule has 1 heterocycles. The summed E-state index contributed by atoms with van der Waals surface area (Å²) in [4.78, 5) is 0.408. The van der Waals surface area contributed by atoms with Gasteiger partial charge < -0.3 is 5.11 Å². The minimum absolute atomic E-state index is 0.0111. The van der Waals surface area contributed by atoms with Crippen LogP contribution in [0.1, 0.15) is 30.4 Å². The normalized spacial score (nSPS) is 25.1. The van der Waals surface area contributed by atoms with E-state index in [0.717, 1.165) is 23.1 Å². The number of hydrogen-bond donors (Lipinski definition) is 1. The first kappa shape index (κ1) is 25.0. The Balaban J connectivity index is 1.39. The quantitative estimate of drug-likeness (QED) is 0.317. The van der Waals surface area contributed by atoms with Crippen LogP contribution in [0.25, 0.3) is 0 Å². The molecule has 3 aliphatic rings. The zero-order valence-electron chi connectivity index (χ0n) is 18.4. The van der Waals surface area contributed by atoms with Gasteiger partial charge in [-0.25, -0.2) is 22.2 Å². The van der Waals surface area contributed by atoms with Crippen molar-refractivity contribution in [1.82, 2.24) is 20.2 Å². The van der Waals surface area contributed by atoms with Gasteiger partial charge >= 0.3 is 6.18 Å². The molecule has 0 unspecified atom stereocenters. The van der Waals surface area contributed by atoms with Gasteiger partial charge in [0.05, 0.1) is 12.3 Å². The maximum absolute atomic E-state index is 16.2. The molecule has 0 aliphatic heterocycles. The van der Waals surface area contributed by atoms with Crippen molar-refractivity contribution in [1.29, 1.82) is 0 Å². The van der Waals surface area contributed by atoms with Gasteiger partial charge in [-0.3, -0.25) is 0 Å². The number of hydrogen-bond acceptors (Lipinski definition) is 5. The van der Waals surface area contributed by atoms with Crippen LogP contribution in [0.15, 0.2) is 53.7 Å². The van der Waals surface area contributed by atoms with Crippen molar-refractivity contribution < 1.29 is 35.8 Å². The zero-order valence-corrected chi connectivity index (χ0v) is 19.3.